The SMILES string of the molecule is Cc1cnc(C(=O)N2CCN(C)CC2)n1C. The molecule has 5 nitrogen and oxygen atoms in total. The monoisotopic (exact) mass is 222 g/mol. The van der Waals surface area contributed by atoms with Crippen LogP contribution in [-0.4, -0.2) is 58.5 Å². The predicted octanol–water partition coefficient (Wildman–Crippen LogP) is 0.116. The first-order valence-electron chi connectivity index (χ1n) is 5.55. The minimum absolute atomic E-state index is 0.0451. The van der Waals surface area contributed by atoms with Crippen molar-refractivity contribution in [2.24, 2.45) is 7.05 Å². The fourth-order valence-electron chi connectivity index (χ4n) is 1.84. The van der Waals surface area contributed by atoms with Gasteiger partial charge in [0.1, 0.15) is 0 Å². The number of aromatic nitrogens is 2. The van der Waals surface area contributed by atoms with E-state index in [0.29, 0.717) is 5.82 Å². The number of nitrogens with zero attached hydrogens (tertiary/aromatic N) is 4. The van der Waals surface area contributed by atoms with Crippen LogP contribution in [0.15, 0.2) is 6.20 Å². The van der Waals surface area contributed by atoms with Gasteiger partial charge in [0, 0.05) is 45.1 Å². The van der Waals surface area contributed by atoms with E-state index in [2.05, 4.69) is 16.9 Å². The Morgan fingerprint density at radius 2 is 1.88 bits per heavy atom. The first-order valence-corrected chi connectivity index (χ1v) is 5.55. The van der Waals surface area contributed by atoms with Crippen LogP contribution >= 0.6 is 0 Å². The molecular weight excluding hydrogens is 204 g/mol. The lowest BCUT2D eigenvalue weighted by Crippen LogP contribution is -2.47. The van der Waals surface area contributed by atoms with Gasteiger partial charge in [0.25, 0.3) is 5.91 Å². The van der Waals surface area contributed by atoms with Gasteiger partial charge in [0.05, 0.1) is 0 Å². The van der Waals surface area contributed by atoms with E-state index < -0.39 is 0 Å². The van der Waals surface area contributed by atoms with Crippen molar-refractivity contribution in [2.75, 3.05) is 33.2 Å². The Kier molecular flexibility index (Phi) is 2.96. The van der Waals surface area contributed by atoms with Gasteiger partial charge in [0.2, 0.25) is 0 Å². The zero-order chi connectivity index (χ0) is 11.7. The van der Waals surface area contributed by atoms with E-state index in [1.807, 2.05) is 23.4 Å². The number of aryl methyl sites for hydroxylation is 1. The number of imidazole rings is 1. The van der Waals surface area contributed by atoms with Crippen molar-refractivity contribution in [3.63, 3.8) is 0 Å². The Hall–Kier alpha value is -1.36. The summed E-state index contributed by atoms with van der Waals surface area (Å²) >= 11 is 0. The van der Waals surface area contributed by atoms with Crippen molar-refractivity contribution in [3.8, 4) is 0 Å². The second-order valence-corrected chi connectivity index (χ2v) is 4.38. The van der Waals surface area contributed by atoms with E-state index in [9.17, 15) is 4.79 Å². The normalized spacial score (nSPS) is 17.8. The molecule has 2 rings (SSSR count). The van der Waals surface area contributed by atoms with Gasteiger partial charge in [-0.15, -0.1) is 0 Å². The third-order valence-electron chi connectivity index (χ3n) is 3.20. The fraction of sp³-hybridized carbons (Fsp3) is 0.636. The number of likely N-dealkylation sites (N-methyl/N-ethyl adjacent to an activating group) is 1. The molecule has 0 radical (unpaired) electrons. The van der Waals surface area contributed by atoms with Crippen LogP contribution in [-0.2, 0) is 7.05 Å². The van der Waals surface area contributed by atoms with Gasteiger partial charge in [-0.05, 0) is 14.0 Å². The van der Waals surface area contributed by atoms with E-state index >= 15 is 0 Å². The smallest absolute Gasteiger partial charge is 0.289 e. The van der Waals surface area contributed by atoms with Gasteiger partial charge in [-0.2, -0.15) is 0 Å². The highest BCUT2D eigenvalue weighted by molar-refractivity contribution is 5.91. The molecule has 1 aromatic rings. The highest BCUT2D eigenvalue weighted by Crippen LogP contribution is 2.08. The lowest BCUT2D eigenvalue weighted by atomic mass is 10.3. The molecule has 1 fully saturated rings. The maximum Gasteiger partial charge on any atom is 0.289 e. The number of hydrogen-bond donors (Lipinski definition) is 0. The van der Waals surface area contributed by atoms with Crippen molar-refractivity contribution in [3.05, 3.63) is 17.7 Å². The van der Waals surface area contributed by atoms with Crippen LogP contribution in [0, 0.1) is 6.92 Å². The molecule has 16 heavy (non-hydrogen) atoms. The largest absolute Gasteiger partial charge is 0.333 e. The number of carbonyl (C=O) groups excluding carboxylic acids is 1. The van der Waals surface area contributed by atoms with Gasteiger partial charge in [-0.1, -0.05) is 0 Å². The second kappa shape index (κ2) is 4.25. The molecule has 1 aromatic heterocycles. The third-order valence-corrected chi connectivity index (χ3v) is 3.20. The number of carbonyl (C=O) groups is 1. The average Bonchev–Trinajstić information content (AvgIpc) is 2.60. The second-order valence-electron chi connectivity index (χ2n) is 4.38. The summed E-state index contributed by atoms with van der Waals surface area (Å²) in [5, 5.41) is 0. The maximum atomic E-state index is 12.2. The minimum Gasteiger partial charge on any atom is -0.333 e. The lowest BCUT2D eigenvalue weighted by Gasteiger charge is -2.32. The number of amides is 1. The molecule has 0 unspecified atom stereocenters. The Bertz CT molecular complexity index is 391. The van der Waals surface area contributed by atoms with Crippen LogP contribution in [0.1, 0.15) is 16.3 Å². The molecule has 1 aliphatic heterocycles. The highest BCUT2D eigenvalue weighted by atomic mass is 16.2. The summed E-state index contributed by atoms with van der Waals surface area (Å²) in [6, 6.07) is 0. The molecule has 0 N–H and O–H groups in total. The summed E-state index contributed by atoms with van der Waals surface area (Å²) < 4.78 is 1.85. The van der Waals surface area contributed by atoms with Crippen molar-refractivity contribution < 1.29 is 4.79 Å². The van der Waals surface area contributed by atoms with Crippen LogP contribution < -0.4 is 0 Å². The van der Waals surface area contributed by atoms with E-state index in [1.165, 1.54) is 0 Å². The first-order chi connectivity index (χ1) is 7.59. The molecule has 0 atom stereocenters. The van der Waals surface area contributed by atoms with Crippen LogP contribution in [0.2, 0.25) is 0 Å². The molecule has 0 aromatic carbocycles. The van der Waals surface area contributed by atoms with E-state index in [4.69, 9.17) is 0 Å². The van der Waals surface area contributed by atoms with E-state index in [0.717, 1.165) is 31.9 Å². The zero-order valence-corrected chi connectivity index (χ0v) is 10.1. The summed E-state index contributed by atoms with van der Waals surface area (Å²) in [6.45, 7) is 5.42. The summed E-state index contributed by atoms with van der Waals surface area (Å²) in [5.41, 5.74) is 1.01. The molecule has 0 spiro atoms. The Labute approximate surface area is 95.7 Å². The first kappa shape index (κ1) is 11.1. The van der Waals surface area contributed by atoms with Crippen LogP contribution in [0.5, 0.6) is 0 Å². The van der Waals surface area contributed by atoms with Gasteiger partial charge in [-0.25, -0.2) is 4.98 Å². The molecule has 5 heteroatoms. The molecular formula is C11H18N4O. The standard InChI is InChI=1S/C11H18N4O/c1-9-8-12-10(14(9)3)11(16)15-6-4-13(2)5-7-15/h8H,4-7H2,1-3H3. The van der Waals surface area contributed by atoms with Crippen molar-refractivity contribution in [1.82, 2.24) is 19.4 Å². The Morgan fingerprint density at radius 1 is 1.25 bits per heavy atom. The molecule has 0 saturated carbocycles. The van der Waals surface area contributed by atoms with Crippen molar-refractivity contribution >= 4 is 5.91 Å². The van der Waals surface area contributed by atoms with Crippen molar-refractivity contribution in [1.29, 1.82) is 0 Å². The summed E-state index contributed by atoms with van der Waals surface area (Å²) in [5.74, 6) is 0.589. The van der Waals surface area contributed by atoms with Gasteiger partial charge in [-0.3, -0.25) is 4.79 Å². The number of piperazine rings is 1. The third kappa shape index (κ3) is 1.95. The Morgan fingerprint density at radius 3 is 2.38 bits per heavy atom. The molecule has 1 saturated heterocycles. The summed E-state index contributed by atoms with van der Waals surface area (Å²) in [7, 11) is 3.96. The quantitative estimate of drug-likeness (QED) is 0.677. The molecule has 0 aliphatic carbocycles. The van der Waals surface area contributed by atoms with Crippen LogP contribution in [0.4, 0.5) is 0 Å². The van der Waals surface area contributed by atoms with E-state index in [-0.39, 0.29) is 5.91 Å². The minimum atomic E-state index is 0.0451. The molecule has 1 amide bonds. The average molecular weight is 222 g/mol. The Balaban J connectivity index is 2.11. The molecule has 88 valence electrons. The zero-order valence-electron chi connectivity index (χ0n) is 10.1. The number of rotatable bonds is 1. The highest BCUT2D eigenvalue weighted by Gasteiger charge is 2.23. The van der Waals surface area contributed by atoms with Crippen molar-refractivity contribution in [2.45, 2.75) is 6.92 Å². The summed E-state index contributed by atoms with van der Waals surface area (Å²) in [6.07, 6.45) is 1.74. The molecule has 1 aliphatic rings. The topological polar surface area (TPSA) is 41.4 Å². The lowest BCUT2D eigenvalue weighted by molar-refractivity contribution is 0.0648. The fourth-order valence-corrected chi connectivity index (χ4v) is 1.84. The number of hydrogen-bond acceptors (Lipinski definition) is 3. The van der Waals surface area contributed by atoms with E-state index in [1.54, 1.807) is 6.20 Å². The molecule has 0 bridgehead atoms. The van der Waals surface area contributed by atoms with Gasteiger partial charge < -0.3 is 14.4 Å². The van der Waals surface area contributed by atoms with Gasteiger partial charge >= 0.3 is 0 Å². The van der Waals surface area contributed by atoms with Gasteiger partial charge in [0.15, 0.2) is 5.82 Å². The predicted molar refractivity (Wildman–Crippen MR) is 61.3 cm³/mol. The van der Waals surface area contributed by atoms with Crippen LogP contribution in [0.25, 0.3) is 0 Å². The molecule has 2 heterocycles. The van der Waals surface area contributed by atoms with Crippen LogP contribution in [0.3, 0.4) is 0 Å². The summed E-state index contributed by atoms with van der Waals surface area (Å²) in [4.78, 5) is 20.4. The maximum absolute atomic E-state index is 12.2.